The maximum atomic E-state index is 12.6. The number of hydrogen-bond donors (Lipinski definition) is 1. The summed E-state index contributed by atoms with van der Waals surface area (Å²) in [4.78, 5) is 39.2. The number of rotatable bonds is 8. The topological polar surface area (TPSA) is 85.5 Å². The Balaban J connectivity index is 1.96. The number of nitrogens with one attached hydrogen (secondary N) is 1. The highest BCUT2D eigenvalue weighted by molar-refractivity contribution is 6.05. The van der Waals surface area contributed by atoms with Crippen LogP contribution in [0.5, 0.6) is 5.75 Å². The van der Waals surface area contributed by atoms with Crippen molar-refractivity contribution in [2.45, 2.75) is 47.1 Å². The number of aromatic nitrogens is 1. The summed E-state index contributed by atoms with van der Waals surface area (Å²) in [6.07, 6.45) is -0.0644. The molecule has 0 aliphatic rings. The molecule has 1 atom stereocenters. The van der Waals surface area contributed by atoms with Gasteiger partial charge in [0.25, 0.3) is 0 Å². The van der Waals surface area contributed by atoms with E-state index in [2.05, 4.69) is 11.9 Å². The summed E-state index contributed by atoms with van der Waals surface area (Å²) in [5.74, 6) is -0.579. The van der Waals surface area contributed by atoms with Crippen LogP contribution in [-0.2, 0) is 16.0 Å². The Labute approximate surface area is 158 Å². The summed E-state index contributed by atoms with van der Waals surface area (Å²) in [6, 6.07) is 7.43. The predicted molar refractivity (Wildman–Crippen MR) is 101 cm³/mol. The fraction of sp³-hybridized carbons (Fsp3) is 0.381. The Morgan fingerprint density at radius 3 is 2.26 bits per heavy atom. The summed E-state index contributed by atoms with van der Waals surface area (Å²) in [5, 5.41) is 0. The van der Waals surface area contributed by atoms with E-state index in [9.17, 15) is 14.4 Å². The number of ketones is 2. The quantitative estimate of drug-likeness (QED) is 0.566. The fourth-order valence-corrected chi connectivity index (χ4v) is 2.98. The van der Waals surface area contributed by atoms with E-state index in [0.29, 0.717) is 22.6 Å². The first kappa shape index (κ1) is 20.4. The molecule has 0 aliphatic carbocycles. The Morgan fingerprint density at radius 1 is 1.11 bits per heavy atom. The van der Waals surface area contributed by atoms with Crippen LogP contribution in [0.15, 0.2) is 24.3 Å². The van der Waals surface area contributed by atoms with Crippen molar-refractivity contribution in [1.29, 1.82) is 0 Å². The zero-order valence-corrected chi connectivity index (χ0v) is 16.3. The van der Waals surface area contributed by atoms with E-state index in [0.717, 1.165) is 6.42 Å². The van der Waals surface area contributed by atoms with Crippen molar-refractivity contribution < 1.29 is 23.9 Å². The van der Waals surface area contributed by atoms with Crippen molar-refractivity contribution in [3.05, 3.63) is 52.3 Å². The van der Waals surface area contributed by atoms with E-state index < -0.39 is 12.1 Å². The molecule has 0 amide bonds. The lowest BCUT2D eigenvalue weighted by Gasteiger charge is -2.13. The highest BCUT2D eigenvalue weighted by Crippen LogP contribution is 2.20. The number of esters is 1. The molecule has 1 aromatic carbocycles. The van der Waals surface area contributed by atoms with E-state index in [4.69, 9.17) is 9.47 Å². The van der Waals surface area contributed by atoms with Crippen LogP contribution < -0.4 is 4.74 Å². The van der Waals surface area contributed by atoms with Crippen molar-refractivity contribution in [1.82, 2.24) is 4.98 Å². The molecule has 0 saturated heterocycles. The van der Waals surface area contributed by atoms with Gasteiger partial charge in [-0.3, -0.25) is 9.59 Å². The Kier molecular flexibility index (Phi) is 6.55. The van der Waals surface area contributed by atoms with Crippen LogP contribution in [0.3, 0.4) is 0 Å². The van der Waals surface area contributed by atoms with E-state index in [1.54, 1.807) is 26.0 Å². The third kappa shape index (κ3) is 4.84. The molecule has 1 heterocycles. The van der Waals surface area contributed by atoms with E-state index in [1.165, 1.54) is 19.4 Å². The summed E-state index contributed by atoms with van der Waals surface area (Å²) < 4.78 is 10.6. The first-order chi connectivity index (χ1) is 12.7. The SMILES string of the molecule is CCc1ccc(OCC(=O)OC(C)C(=O)c2[nH]c(C)c(C(C)=O)c2C)cc1. The molecular weight excluding hydrogens is 346 g/mol. The molecule has 6 heteroatoms. The van der Waals surface area contributed by atoms with Crippen LogP contribution >= 0.6 is 0 Å². The highest BCUT2D eigenvalue weighted by Gasteiger charge is 2.26. The minimum absolute atomic E-state index is 0.118. The van der Waals surface area contributed by atoms with E-state index in [1.807, 2.05) is 12.1 Å². The van der Waals surface area contributed by atoms with Gasteiger partial charge in [0.05, 0.1) is 5.69 Å². The summed E-state index contributed by atoms with van der Waals surface area (Å²) in [6.45, 7) is 8.15. The molecule has 0 saturated carbocycles. The third-order valence-electron chi connectivity index (χ3n) is 4.40. The largest absolute Gasteiger partial charge is 0.482 e. The van der Waals surface area contributed by atoms with Crippen molar-refractivity contribution in [3.63, 3.8) is 0 Å². The van der Waals surface area contributed by atoms with Crippen LogP contribution in [-0.4, -0.2) is 35.2 Å². The molecule has 1 unspecified atom stereocenters. The molecule has 0 bridgehead atoms. The minimum atomic E-state index is -0.986. The van der Waals surface area contributed by atoms with Gasteiger partial charge in [0.2, 0.25) is 5.78 Å². The standard InChI is InChI=1S/C21H25NO5/c1-6-16-7-9-17(10-8-16)26-11-18(24)27-15(5)21(25)20-12(2)19(14(4)23)13(3)22-20/h7-10,15,22H,6,11H2,1-5H3. The molecule has 0 fully saturated rings. The van der Waals surface area contributed by atoms with Gasteiger partial charge in [-0.05, 0) is 57.4 Å². The van der Waals surface area contributed by atoms with Gasteiger partial charge in [-0.1, -0.05) is 19.1 Å². The lowest BCUT2D eigenvalue weighted by Crippen LogP contribution is -2.28. The number of H-pyrrole nitrogens is 1. The average molecular weight is 371 g/mol. The number of carbonyl (C=O) groups is 3. The van der Waals surface area contributed by atoms with Crippen molar-refractivity contribution >= 4 is 17.5 Å². The number of carbonyl (C=O) groups excluding carboxylic acids is 3. The number of hydrogen-bond acceptors (Lipinski definition) is 5. The molecule has 2 aromatic rings. The van der Waals surface area contributed by atoms with E-state index >= 15 is 0 Å². The van der Waals surface area contributed by atoms with Gasteiger partial charge >= 0.3 is 5.97 Å². The summed E-state index contributed by atoms with van der Waals surface area (Å²) in [5.41, 5.74) is 3.15. The number of benzene rings is 1. The van der Waals surface area contributed by atoms with Crippen LogP contribution in [0.25, 0.3) is 0 Å². The Hall–Kier alpha value is -2.89. The zero-order valence-electron chi connectivity index (χ0n) is 16.3. The minimum Gasteiger partial charge on any atom is -0.482 e. The van der Waals surface area contributed by atoms with Crippen LogP contribution in [0.2, 0.25) is 0 Å². The lowest BCUT2D eigenvalue weighted by atomic mass is 10.0. The highest BCUT2D eigenvalue weighted by atomic mass is 16.6. The van der Waals surface area contributed by atoms with Crippen LogP contribution in [0.4, 0.5) is 0 Å². The second-order valence-electron chi connectivity index (χ2n) is 6.46. The second kappa shape index (κ2) is 8.66. The monoisotopic (exact) mass is 371 g/mol. The first-order valence-corrected chi connectivity index (χ1v) is 8.90. The van der Waals surface area contributed by atoms with Gasteiger partial charge in [0.1, 0.15) is 5.75 Å². The van der Waals surface area contributed by atoms with Gasteiger partial charge < -0.3 is 14.5 Å². The average Bonchev–Trinajstić information content (AvgIpc) is 2.94. The molecular formula is C21H25NO5. The van der Waals surface area contributed by atoms with Crippen LogP contribution in [0, 0.1) is 13.8 Å². The maximum absolute atomic E-state index is 12.6. The zero-order chi connectivity index (χ0) is 20.1. The number of Topliss-reactive ketones (excluding diaryl/α,β-unsaturated/α-hetero) is 2. The number of aryl methyl sites for hydroxylation is 2. The van der Waals surface area contributed by atoms with Gasteiger partial charge in [0.15, 0.2) is 18.5 Å². The van der Waals surface area contributed by atoms with E-state index in [-0.39, 0.29) is 23.9 Å². The summed E-state index contributed by atoms with van der Waals surface area (Å²) >= 11 is 0. The molecule has 1 N–H and O–H groups in total. The molecule has 2 rings (SSSR count). The van der Waals surface area contributed by atoms with Gasteiger partial charge in [-0.2, -0.15) is 0 Å². The van der Waals surface area contributed by atoms with Crippen molar-refractivity contribution in [2.75, 3.05) is 6.61 Å². The molecule has 144 valence electrons. The normalized spacial score (nSPS) is 11.7. The number of aromatic amines is 1. The lowest BCUT2D eigenvalue weighted by molar-refractivity contribution is -0.148. The molecule has 0 radical (unpaired) electrons. The maximum Gasteiger partial charge on any atom is 0.344 e. The van der Waals surface area contributed by atoms with Crippen molar-refractivity contribution in [3.8, 4) is 5.75 Å². The van der Waals surface area contributed by atoms with Gasteiger partial charge in [-0.15, -0.1) is 0 Å². The molecule has 1 aromatic heterocycles. The number of ether oxygens (including phenoxy) is 2. The Bertz CT molecular complexity index is 848. The van der Waals surface area contributed by atoms with Gasteiger partial charge in [0, 0.05) is 11.3 Å². The third-order valence-corrected chi connectivity index (χ3v) is 4.40. The van der Waals surface area contributed by atoms with Crippen LogP contribution in [0.1, 0.15) is 58.4 Å². The van der Waals surface area contributed by atoms with Crippen molar-refractivity contribution in [2.24, 2.45) is 0 Å². The first-order valence-electron chi connectivity index (χ1n) is 8.90. The second-order valence-corrected chi connectivity index (χ2v) is 6.46. The molecule has 0 spiro atoms. The Morgan fingerprint density at radius 2 is 1.74 bits per heavy atom. The predicted octanol–water partition coefficient (Wildman–Crippen LogP) is 3.59. The fourth-order valence-electron chi connectivity index (χ4n) is 2.98. The van der Waals surface area contributed by atoms with Gasteiger partial charge in [-0.25, -0.2) is 4.79 Å². The molecule has 0 aliphatic heterocycles. The summed E-state index contributed by atoms with van der Waals surface area (Å²) in [7, 11) is 0. The molecule has 27 heavy (non-hydrogen) atoms. The smallest absolute Gasteiger partial charge is 0.344 e. The molecule has 6 nitrogen and oxygen atoms in total.